The molecule has 2 rings (SSSR count). The van der Waals surface area contributed by atoms with Crippen molar-refractivity contribution in [3.63, 3.8) is 0 Å². The Bertz CT molecular complexity index is 534. The number of amides is 1. The number of anilines is 2. The van der Waals surface area contributed by atoms with Crippen LogP contribution in [0.25, 0.3) is 0 Å². The van der Waals surface area contributed by atoms with Gasteiger partial charge in [-0.1, -0.05) is 0 Å². The van der Waals surface area contributed by atoms with Crippen molar-refractivity contribution in [2.45, 2.75) is 6.42 Å². The Labute approximate surface area is 116 Å². The van der Waals surface area contributed by atoms with Crippen LogP contribution in [0.5, 0.6) is 0 Å². The largest absolute Gasteiger partial charge is 0.362 e. The number of hydrazine groups is 1. The molecule has 0 aromatic heterocycles. The molecule has 0 bridgehead atoms. The van der Waals surface area contributed by atoms with Crippen molar-refractivity contribution in [1.82, 2.24) is 4.90 Å². The van der Waals surface area contributed by atoms with E-state index in [2.05, 4.69) is 5.43 Å². The Morgan fingerprint density at radius 1 is 1.35 bits per heavy atom. The van der Waals surface area contributed by atoms with Crippen LogP contribution in [-0.2, 0) is 4.79 Å². The maximum absolute atomic E-state index is 11.9. The number of nitrogens with zero attached hydrogens (tertiary/aromatic N) is 3. The molecular weight excluding hydrogens is 262 g/mol. The van der Waals surface area contributed by atoms with Crippen LogP contribution >= 0.6 is 0 Å². The fraction of sp³-hybridized carbons (Fsp3) is 0.417. The minimum absolute atomic E-state index is 0.00346. The number of rotatable bonds is 3. The van der Waals surface area contributed by atoms with E-state index >= 15 is 0 Å². The Balaban J connectivity index is 2.33. The van der Waals surface area contributed by atoms with Crippen LogP contribution in [0, 0.1) is 10.1 Å². The number of nitrogens with two attached hydrogens (primary N) is 1. The van der Waals surface area contributed by atoms with E-state index in [0.29, 0.717) is 24.5 Å². The second-order valence-electron chi connectivity index (χ2n) is 4.73. The Morgan fingerprint density at radius 2 is 2.10 bits per heavy atom. The van der Waals surface area contributed by atoms with E-state index in [1.54, 1.807) is 18.0 Å². The molecule has 0 atom stereocenters. The molecule has 1 aromatic carbocycles. The summed E-state index contributed by atoms with van der Waals surface area (Å²) in [7, 11) is 1.76. The molecule has 1 heterocycles. The quantitative estimate of drug-likeness (QED) is 0.475. The van der Waals surface area contributed by atoms with Crippen molar-refractivity contribution in [2.24, 2.45) is 5.84 Å². The average Bonchev–Trinajstić information content (AvgIpc) is 2.60. The smallest absolute Gasteiger partial charge is 0.273 e. The van der Waals surface area contributed by atoms with Gasteiger partial charge in [0.15, 0.2) is 0 Å². The van der Waals surface area contributed by atoms with Crippen molar-refractivity contribution < 1.29 is 9.72 Å². The lowest BCUT2D eigenvalue weighted by atomic mass is 10.2. The third kappa shape index (κ3) is 2.97. The zero-order chi connectivity index (χ0) is 14.7. The predicted molar refractivity (Wildman–Crippen MR) is 75.4 cm³/mol. The van der Waals surface area contributed by atoms with E-state index in [1.807, 2.05) is 4.90 Å². The maximum atomic E-state index is 11.9. The fourth-order valence-corrected chi connectivity index (χ4v) is 2.17. The van der Waals surface area contributed by atoms with Crippen LogP contribution in [0.1, 0.15) is 6.42 Å². The normalized spacial score (nSPS) is 16.0. The number of hydrogen-bond donors (Lipinski definition) is 2. The van der Waals surface area contributed by atoms with Gasteiger partial charge in [-0.05, 0) is 12.5 Å². The number of nitro groups is 1. The first kappa shape index (κ1) is 14.1. The molecule has 1 aliphatic heterocycles. The van der Waals surface area contributed by atoms with Crippen molar-refractivity contribution in [1.29, 1.82) is 0 Å². The highest BCUT2D eigenvalue weighted by molar-refractivity contribution is 5.82. The lowest BCUT2D eigenvalue weighted by Gasteiger charge is -2.22. The number of non-ortho nitro benzene ring substituents is 1. The summed E-state index contributed by atoms with van der Waals surface area (Å²) in [5.74, 6) is 5.33. The lowest BCUT2D eigenvalue weighted by Crippen LogP contribution is -2.34. The van der Waals surface area contributed by atoms with Gasteiger partial charge in [-0.15, -0.1) is 0 Å². The molecule has 1 fully saturated rings. The molecule has 108 valence electrons. The Kier molecular flexibility index (Phi) is 4.04. The van der Waals surface area contributed by atoms with Gasteiger partial charge < -0.3 is 15.2 Å². The first-order valence-electron chi connectivity index (χ1n) is 6.26. The van der Waals surface area contributed by atoms with Crippen LogP contribution < -0.4 is 16.2 Å². The zero-order valence-corrected chi connectivity index (χ0v) is 11.2. The number of benzene rings is 1. The highest BCUT2D eigenvalue weighted by Crippen LogP contribution is 2.27. The van der Waals surface area contributed by atoms with E-state index in [9.17, 15) is 14.9 Å². The zero-order valence-electron chi connectivity index (χ0n) is 11.2. The third-order valence-corrected chi connectivity index (χ3v) is 3.32. The molecule has 0 radical (unpaired) electrons. The maximum Gasteiger partial charge on any atom is 0.273 e. The highest BCUT2D eigenvalue weighted by atomic mass is 16.6. The van der Waals surface area contributed by atoms with E-state index in [-0.39, 0.29) is 18.1 Å². The fourth-order valence-electron chi connectivity index (χ4n) is 2.17. The van der Waals surface area contributed by atoms with Crippen LogP contribution in [0.3, 0.4) is 0 Å². The van der Waals surface area contributed by atoms with E-state index in [4.69, 9.17) is 5.84 Å². The molecule has 1 amide bonds. The first-order valence-corrected chi connectivity index (χ1v) is 6.26. The van der Waals surface area contributed by atoms with Crippen molar-refractivity contribution in [3.05, 3.63) is 28.3 Å². The molecule has 3 N–H and O–H groups in total. The molecule has 0 spiro atoms. The number of nitrogen functional groups attached to an aromatic ring is 1. The molecular formula is C12H17N5O3. The standard InChI is InChI=1S/C12H17N5O3/c1-15-3-2-4-16(8-12(15)18)10-5-9(14-13)6-11(7-10)17(19)20/h5-7,14H,2-4,8,13H2,1H3. The highest BCUT2D eigenvalue weighted by Gasteiger charge is 2.21. The summed E-state index contributed by atoms with van der Waals surface area (Å²) in [5, 5.41) is 10.9. The summed E-state index contributed by atoms with van der Waals surface area (Å²) in [6, 6.07) is 4.51. The topological polar surface area (TPSA) is 105 Å². The van der Waals surface area contributed by atoms with Crippen LogP contribution in [0.2, 0.25) is 0 Å². The molecule has 0 saturated carbocycles. The second kappa shape index (κ2) is 5.74. The minimum Gasteiger partial charge on any atom is -0.362 e. The second-order valence-corrected chi connectivity index (χ2v) is 4.73. The van der Waals surface area contributed by atoms with Gasteiger partial charge in [0.1, 0.15) is 0 Å². The van der Waals surface area contributed by atoms with Gasteiger partial charge in [0.05, 0.1) is 17.2 Å². The SMILES string of the molecule is CN1CCCN(c2cc(NN)cc([N+](=O)[O-])c2)CC1=O. The van der Waals surface area contributed by atoms with Gasteiger partial charge in [0.25, 0.3) is 5.69 Å². The molecule has 1 aliphatic rings. The summed E-state index contributed by atoms with van der Waals surface area (Å²) >= 11 is 0. The van der Waals surface area contributed by atoms with Crippen LogP contribution in [0.15, 0.2) is 18.2 Å². The van der Waals surface area contributed by atoms with Gasteiger partial charge in [0, 0.05) is 38.0 Å². The summed E-state index contributed by atoms with van der Waals surface area (Å²) < 4.78 is 0. The molecule has 8 heteroatoms. The minimum atomic E-state index is -0.476. The molecule has 8 nitrogen and oxygen atoms in total. The van der Waals surface area contributed by atoms with Crippen LogP contribution in [0.4, 0.5) is 17.1 Å². The Hall–Kier alpha value is -2.35. The summed E-state index contributed by atoms with van der Waals surface area (Å²) in [6.07, 6.45) is 0.816. The predicted octanol–water partition coefficient (Wildman–Crippen LogP) is 0.549. The number of likely N-dealkylation sites (N-methyl/N-ethyl adjacent to an activating group) is 1. The first-order chi connectivity index (χ1) is 9.51. The number of carbonyl (C=O) groups excluding carboxylic acids is 1. The molecule has 0 aliphatic carbocycles. The third-order valence-electron chi connectivity index (χ3n) is 3.32. The molecule has 1 saturated heterocycles. The van der Waals surface area contributed by atoms with Crippen LogP contribution in [-0.4, -0.2) is 42.4 Å². The molecule has 0 unspecified atom stereocenters. The van der Waals surface area contributed by atoms with Gasteiger partial charge in [-0.3, -0.25) is 20.8 Å². The van der Waals surface area contributed by atoms with Gasteiger partial charge in [0.2, 0.25) is 5.91 Å². The molecule has 1 aromatic rings. The number of nitrogens with one attached hydrogen (secondary N) is 1. The van der Waals surface area contributed by atoms with Gasteiger partial charge >= 0.3 is 0 Å². The van der Waals surface area contributed by atoms with Crippen molar-refractivity contribution in [2.75, 3.05) is 37.0 Å². The lowest BCUT2D eigenvalue weighted by molar-refractivity contribution is -0.384. The summed E-state index contributed by atoms with van der Waals surface area (Å²) in [6.45, 7) is 1.56. The van der Waals surface area contributed by atoms with E-state index in [1.165, 1.54) is 12.1 Å². The average molecular weight is 279 g/mol. The molecule has 20 heavy (non-hydrogen) atoms. The van der Waals surface area contributed by atoms with Crippen molar-refractivity contribution in [3.8, 4) is 0 Å². The van der Waals surface area contributed by atoms with E-state index in [0.717, 1.165) is 6.42 Å². The number of carbonyl (C=O) groups is 1. The van der Waals surface area contributed by atoms with E-state index < -0.39 is 4.92 Å². The Morgan fingerprint density at radius 3 is 2.75 bits per heavy atom. The number of nitro benzene ring substituents is 1. The number of hydrogen-bond acceptors (Lipinski definition) is 6. The summed E-state index contributed by atoms with van der Waals surface area (Å²) in [5.41, 5.74) is 3.42. The van der Waals surface area contributed by atoms with Gasteiger partial charge in [-0.2, -0.15) is 0 Å². The van der Waals surface area contributed by atoms with Gasteiger partial charge in [-0.25, -0.2) is 0 Å². The van der Waals surface area contributed by atoms with Crippen molar-refractivity contribution >= 4 is 23.0 Å². The summed E-state index contributed by atoms with van der Waals surface area (Å²) in [4.78, 5) is 25.8. The monoisotopic (exact) mass is 279 g/mol.